The summed E-state index contributed by atoms with van der Waals surface area (Å²) in [6.07, 6.45) is 3.18. The number of pyridine rings is 1. The van der Waals surface area contributed by atoms with Crippen molar-refractivity contribution in [2.24, 2.45) is 0 Å². The number of anilines is 1. The molecule has 1 aromatic carbocycles. The molecule has 5 heteroatoms. The molecular formula is C19H19N3OS. The Morgan fingerprint density at radius 1 is 1.12 bits per heavy atom. The van der Waals surface area contributed by atoms with Gasteiger partial charge in [-0.15, -0.1) is 11.3 Å². The molecule has 2 aromatic heterocycles. The summed E-state index contributed by atoms with van der Waals surface area (Å²) in [6.45, 7) is 6.57. The Morgan fingerprint density at radius 2 is 1.88 bits per heavy atom. The second-order valence-electron chi connectivity index (χ2n) is 6.56. The molecule has 122 valence electrons. The van der Waals surface area contributed by atoms with Gasteiger partial charge in [0, 0.05) is 23.3 Å². The van der Waals surface area contributed by atoms with E-state index in [1.54, 1.807) is 18.3 Å². The minimum Gasteiger partial charge on any atom is -0.298 e. The first-order valence-corrected chi connectivity index (χ1v) is 8.59. The molecule has 1 amide bonds. The van der Waals surface area contributed by atoms with Crippen LogP contribution in [0.1, 0.15) is 36.7 Å². The van der Waals surface area contributed by atoms with E-state index in [-0.39, 0.29) is 11.3 Å². The maximum absolute atomic E-state index is 12.1. The van der Waals surface area contributed by atoms with Crippen molar-refractivity contribution in [2.45, 2.75) is 26.2 Å². The zero-order valence-corrected chi connectivity index (χ0v) is 14.7. The number of amides is 1. The average Bonchev–Trinajstić information content (AvgIpc) is 3.03. The largest absolute Gasteiger partial charge is 0.298 e. The van der Waals surface area contributed by atoms with E-state index in [2.05, 4.69) is 60.3 Å². The monoisotopic (exact) mass is 337 g/mol. The van der Waals surface area contributed by atoms with Gasteiger partial charge in [-0.2, -0.15) is 0 Å². The molecule has 0 radical (unpaired) electrons. The third-order valence-electron chi connectivity index (χ3n) is 3.70. The molecule has 0 aliphatic heterocycles. The number of benzene rings is 1. The Morgan fingerprint density at radius 3 is 2.50 bits per heavy atom. The molecule has 3 aromatic rings. The summed E-state index contributed by atoms with van der Waals surface area (Å²) in [5.41, 5.74) is 3.84. The average molecular weight is 337 g/mol. The van der Waals surface area contributed by atoms with Crippen molar-refractivity contribution in [1.82, 2.24) is 9.97 Å². The standard InChI is InChI=1S/C19H19N3OS/c1-19(2,3)15-8-6-13(7-9-15)16-12-24-18(21-16)22-17(23)14-5-4-10-20-11-14/h4-12H,1-3H3,(H,21,22,23). The number of carbonyl (C=O) groups is 1. The third kappa shape index (κ3) is 3.68. The number of hydrogen-bond donors (Lipinski definition) is 1. The molecule has 0 spiro atoms. The summed E-state index contributed by atoms with van der Waals surface area (Å²) >= 11 is 1.41. The molecule has 0 aliphatic carbocycles. The summed E-state index contributed by atoms with van der Waals surface area (Å²) in [5, 5.41) is 5.34. The number of nitrogens with one attached hydrogen (secondary N) is 1. The van der Waals surface area contributed by atoms with Crippen molar-refractivity contribution < 1.29 is 4.79 Å². The van der Waals surface area contributed by atoms with Crippen LogP contribution < -0.4 is 5.32 Å². The molecule has 2 heterocycles. The molecule has 0 atom stereocenters. The van der Waals surface area contributed by atoms with Crippen LogP contribution in [0.15, 0.2) is 54.2 Å². The molecule has 0 aliphatic rings. The summed E-state index contributed by atoms with van der Waals surface area (Å²) in [5.74, 6) is -0.202. The summed E-state index contributed by atoms with van der Waals surface area (Å²) in [6, 6.07) is 11.9. The van der Waals surface area contributed by atoms with E-state index in [0.717, 1.165) is 11.3 Å². The number of carbonyl (C=O) groups excluding carboxylic acids is 1. The molecular weight excluding hydrogens is 318 g/mol. The van der Waals surface area contributed by atoms with E-state index in [1.807, 2.05) is 5.38 Å². The first-order chi connectivity index (χ1) is 11.4. The van der Waals surface area contributed by atoms with Crippen LogP contribution in [0.2, 0.25) is 0 Å². The van der Waals surface area contributed by atoms with Gasteiger partial charge in [0.2, 0.25) is 0 Å². The number of rotatable bonds is 3. The molecule has 0 unspecified atom stereocenters. The van der Waals surface area contributed by atoms with Gasteiger partial charge in [-0.05, 0) is 23.1 Å². The van der Waals surface area contributed by atoms with Crippen molar-refractivity contribution in [3.8, 4) is 11.3 Å². The van der Waals surface area contributed by atoms with Gasteiger partial charge in [0.25, 0.3) is 5.91 Å². The van der Waals surface area contributed by atoms with Gasteiger partial charge < -0.3 is 0 Å². The highest BCUT2D eigenvalue weighted by atomic mass is 32.1. The second-order valence-corrected chi connectivity index (χ2v) is 7.42. The lowest BCUT2D eigenvalue weighted by atomic mass is 9.86. The molecule has 0 saturated carbocycles. The predicted molar refractivity (Wildman–Crippen MR) is 98.4 cm³/mol. The van der Waals surface area contributed by atoms with Crippen LogP contribution >= 0.6 is 11.3 Å². The van der Waals surface area contributed by atoms with Crippen LogP contribution in [-0.2, 0) is 5.41 Å². The van der Waals surface area contributed by atoms with E-state index in [4.69, 9.17) is 0 Å². The van der Waals surface area contributed by atoms with Crippen LogP contribution in [-0.4, -0.2) is 15.9 Å². The lowest BCUT2D eigenvalue weighted by Gasteiger charge is -2.18. The Kier molecular flexibility index (Phi) is 4.44. The van der Waals surface area contributed by atoms with Gasteiger partial charge in [-0.25, -0.2) is 4.98 Å². The first-order valence-electron chi connectivity index (χ1n) is 7.71. The lowest BCUT2D eigenvalue weighted by Crippen LogP contribution is -2.11. The number of nitrogens with zero attached hydrogens (tertiary/aromatic N) is 2. The van der Waals surface area contributed by atoms with Crippen LogP contribution in [0.5, 0.6) is 0 Å². The predicted octanol–water partition coefficient (Wildman–Crippen LogP) is 4.75. The second kappa shape index (κ2) is 6.53. The van der Waals surface area contributed by atoms with Gasteiger partial charge in [0.1, 0.15) is 0 Å². The van der Waals surface area contributed by atoms with E-state index < -0.39 is 0 Å². The number of hydrogen-bond acceptors (Lipinski definition) is 4. The Hall–Kier alpha value is -2.53. The highest BCUT2D eigenvalue weighted by Crippen LogP contribution is 2.28. The molecule has 0 saturated heterocycles. The minimum atomic E-state index is -0.202. The zero-order valence-electron chi connectivity index (χ0n) is 13.9. The summed E-state index contributed by atoms with van der Waals surface area (Å²) < 4.78 is 0. The van der Waals surface area contributed by atoms with Crippen LogP contribution in [0.3, 0.4) is 0 Å². The number of thiazole rings is 1. The van der Waals surface area contributed by atoms with E-state index >= 15 is 0 Å². The van der Waals surface area contributed by atoms with Gasteiger partial charge in [-0.1, -0.05) is 45.0 Å². The van der Waals surface area contributed by atoms with Gasteiger partial charge in [0.05, 0.1) is 11.3 Å². The normalized spacial score (nSPS) is 11.3. The fourth-order valence-corrected chi connectivity index (χ4v) is 2.99. The maximum Gasteiger partial charge on any atom is 0.259 e. The third-order valence-corrected chi connectivity index (χ3v) is 4.45. The molecule has 4 nitrogen and oxygen atoms in total. The maximum atomic E-state index is 12.1. The zero-order chi connectivity index (χ0) is 17.2. The Labute approximate surface area is 145 Å². The quantitative estimate of drug-likeness (QED) is 0.750. The fraction of sp³-hybridized carbons (Fsp3) is 0.211. The van der Waals surface area contributed by atoms with Crippen LogP contribution in [0.25, 0.3) is 11.3 Å². The van der Waals surface area contributed by atoms with Crippen molar-refractivity contribution in [1.29, 1.82) is 0 Å². The van der Waals surface area contributed by atoms with Crippen molar-refractivity contribution in [3.05, 3.63) is 65.3 Å². The smallest absolute Gasteiger partial charge is 0.259 e. The van der Waals surface area contributed by atoms with E-state index in [1.165, 1.54) is 23.1 Å². The van der Waals surface area contributed by atoms with Crippen molar-refractivity contribution in [3.63, 3.8) is 0 Å². The summed E-state index contributed by atoms with van der Waals surface area (Å²) in [7, 11) is 0. The lowest BCUT2D eigenvalue weighted by molar-refractivity contribution is 0.102. The molecule has 0 fully saturated rings. The van der Waals surface area contributed by atoms with Crippen molar-refractivity contribution in [2.75, 3.05) is 5.32 Å². The molecule has 1 N–H and O–H groups in total. The van der Waals surface area contributed by atoms with E-state index in [0.29, 0.717) is 10.7 Å². The van der Waals surface area contributed by atoms with Gasteiger partial charge >= 0.3 is 0 Å². The first kappa shape index (κ1) is 16.3. The van der Waals surface area contributed by atoms with E-state index in [9.17, 15) is 4.79 Å². The van der Waals surface area contributed by atoms with Gasteiger partial charge in [0.15, 0.2) is 5.13 Å². The van der Waals surface area contributed by atoms with Crippen LogP contribution in [0, 0.1) is 0 Å². The molecule has 24 heavy (non-hydrogen) atoms. The molecule has 0 bridgehead atoms. The Balaban J connectivity index is 1.75. The number of aromatic nitrogens is 2. The molecule has 3 rings (SSSR count). The fourth-order valence-electron chi connectivity index (χ4n) is 2.27. The van der Waals surface area contributed by atoms with Gasteiger partial charge in [-0.3, -0.25) is 15.1 Å². The summed E-state index contributed by atoms with van der Waals surface area (Å²) in [4.78, 5) is 20.6. The topological polar surface area (TPSA) is 54.9 Å². The SMILES string of the molecule is CC(C)(C)c1ccc(-c2csc(NC(=O)c3cccnc3)n2)cc1. The highest BCUT2D eigenvalue weighted by molar-refractivity contribution is 7.14. The minimum absolute atomic E-state index is 0.128. The highest BCUT2D eigenvalue weighted by Gasteiger charge is 2.14. The Bertz CT molecular complexity index is 833. The van der Waals surface area contributed by atoms with Crippen molar-refractivity contribution >= 4 is 22.4 Å². The van der Waals surface area contributed by atoms with Crippen LogP contribution in [0.4, 0.5) is 5.13 Å².